The second kappa shape index (κ2) is 11.9. The molecule has 2 atom stereocenters. The fourth-order valence-electron chi connectivity index (χ4n) is 4.39. The number of rotatable bonds is 10. The van der Waals surface area contributed by atoms with Crippen LogP contribution in [-0.2, 0) is 11.2 Å². The number of benzene rings is 1. The molecule has 4 N–H and O–H groups in total. The number of halogens is 2. The van der Waals surface area contributed by atoms with E-state index in [-0.39, 0.29) is 39.7 Å². The van der Waals surface area contributed by atoms with Crippen LogP contribution in [0.5, 0.6) is 0 Å². The van der Waals surface area contributed by atoms with Crippen molar-refractivity contribution in [2.45, 2.75) is 44.8 Å². The summed E-state index contributed by atoms with van der Waals surface area (Å²) in [6.45, 7) is 3.69. The Kier molecular flexibility index (Phi) is 8.65. The minimum Gasteiger partial charge on any atom is -0.480 e. The molecule has 0 unspecified atom stereocenters. The molecule has 0 saturated carbocycles. The monoisotopic (exact) mass is 559 g/mol. The number of anilines is 3. The number of nitrogens with one attached hydrogen (secondary N) is 3. The van der Waals surface area contributed by atoms with E-state index in [0.29, 0.717) is 11.1 Å². The molecule has 0 bridgehead atoms. The van der Waals surface area contributed by atoms with E-state index in [1.165, 1.54) is 24.5 Å². The van der Waals surface area contributed by atoms with Crippen LogP contribution in [0.4, 0.5) is 17.1 Å². The first-order valence-electron chi connectivity index (χ1n) is 12.2. The Balaban J connectivity index is 1.42. The number of aliphatic carboxylic acids is 1. The van der Waals surface area contributed by atoms with E-state index in [4.69, 9.17) is 23.2 Å². The molecule has 2 heterocycles. The molecule has 200 valence electrons. The Morgan fingerprint density at radius 3 is 2.11 bits per heavy atom. The third-order valence-corrected chi connectivity index (χ3v) is 7.14. The van der Waals surface area contributed by atoms with E-state index >= 15 is 0 Å². The largest absolute Gasteiger partial charge is 0.480 e. The number of piperidine rings is 1. The maximum Gasteiger partial charge on any atom is 0.326 e. The zero-order valence-electron chi connectivity index (χ0n) is 20.6. The summed E-state index contributed by atoms with van der Waals surface area (Å²) in [4.78, 5) is 55.1. The highest BCUT2D eigenvalue weighted by Crippen LogP contribution is 2.29. The molecular formula is C26H27Cl2N5O5. The SMILES string of the molecule is C[C@@H](Nc1c(N[C@@H](Cc2ccc(C(=O)Nc3c(Cl)cncc3Cl)cc2)C(=O)O)c(=O)c1=O)N1CCCCC1. The van der Waals surface area contributed by atoms with E-state index < -0.39 is 28.8 Å². The second-order valence-electron chi connectivity index (χ2n) is 9.19. The van der Waals surface area contributed by atoms with Crippen molar-refractivity contribution in [2.75, 3.05) is 29.0 Å². The average molecular weight is 560 g/mol. The van der Waals surface area contributed by atoms with Crippen molar-refractivity contribution in [3.63, 3.8) is 0 Å². The Morgan fingerprint density at radius 1 is 0.947 bits per heavy atom. The molecule has 0 aliphatic carbocycles. The molecule has 2 aromatic carbocycles. The predicted molar refractivity (Wildman–Crippen MR) is 147 cm³/mol. The van der Waals surface area contributed by atoms with Crippen LogP contribution >= 0.6 is 23.2 Å². The molecule has 0 radical (unpaired) electrons. The summed E-state index contributed by atoms with van der Waals surface area (Å²) < 4.78 is 0. The first kappa shape index (κ1) is 27.6. The highest BCUT2D eigenvalue weighted by molar-refractivity contribution is 6.39. The fraction of sp³-hybridized carbons (Fsp3) is 0.346. The van der Waals surface area contributed by atoms with Gasteiger partial charge in [0.25, 0.3) is 16.8 Å². The topological polar surface area (TPSA) is 141 Å². The van der Waals surface area contributed by atoms with Gasteiger partial charge in [-0.2, -0.15) is 0 Å². The van der Waals surface area contributed by atoms with Gasteiger partial charge in [-0.25, -0.2) is 4.79 Å². The summed E-state index contributed by atoms with van der Waals surface area (Å²) in [6.07, 6.45) is 5.85. The molecule has 38 heavy (non-hydrogen) atoms. The van der Waals surface area contributed by atoms with Crippen molar-refractivity contribution in [1.29, 1.82) is 0 Å². The van der Waals surface area contributed by atoms with Gasteiger partial charge in [0.1, 0.15) is 17.4 Å². The van der Waals surface area contributed by atoms with E-state index in [1.54, 1.807) is 12.1 Å². The van der Waals surface area contributed by atoms with Crippen LogP contribution in [0.1, 0.15) is 42.1 Å². The second-order valence-corrected chi connectivity index (χ2v) is 10.0. The molecular weight excluding hydrogens is 533 g/mol. The van der Waals surface area contributed by atoms with Gasteiger partial charge in [0.05, 0.1) is 21.9 Å². The number of carboxylic acid groups (broad SMARTS) is 1. The summed E-state index contributed by atoms with van der Waals surface area (Å²) in [5.41, 5.74) is -0.169. The van der Waals surface area contributed by atoms with Gasteiger partial charge < -0.3 is 21.1 Å². The Morgan fingerprint density at radius 2 is 1.53 bits per heavy atom. The van der Waals surface area contributed by atoms with Gasteiger partial charge in [0, 0.05) is 37.5 Å². The van der Waals surface area contributed by atoms with Crippen molar-refractivity contribution >= 4 is 52.1 Å². The highest BCUT2D eigenvalue weighted by Gasteiger charge is 2.29. The third-order valence-electron chi connectivity index (χ3n) is 6.57. The smallest absolute Gasteiger partial charge is 0.326 e. The summed E-state index contributed by atoms with van der Waals surface area (Å²) in [5.74, 6) is -1.64. The maximum absolute atomic E-state index is 12.6. The van der Waals surface area contributed by atoms with Crippen molar-refractivity contribution in [3.05, 3.63) is 78.3 Å². The maximum atomic E-state index is 12.6. The number of likely N-dealkylation sites (tertiary alicyclic amines) is 1. The van der Waals surface area contributed by atoms with Gasteiger partial charge >= 0.3 is 5.97 Å². The van der Waals surface area contributed by atoms with Crippen LogP contribution in [0.2, 0.25) is 10.0 Å². The van der Waals surface area contributed by atoms with Crippen molar-refractivity contribution in [2.24, 2.45) is 0 Å². The number of carbonyl (C=O) groups excluding carboxylic acids is 1. The molecule has 1 aromatic heterocycles. The summed E-state index contributed by atoms with van der Waals surface area (Å²) in [7, 11) is 0. The molecule has 12 heteroatoms. The van der Waals surface area contributed by atoms with Gasteiger partial charge in [0.15, 0.2) is 0 Å². The van der Waals surface area contributed by atoms with Gasteiger partial charge in [0.2, 0.25) is 0 Å². The minimum absolute atomic E-state index is 0.0131. The number of carbonyl (C=O) groups is 2. The lowest BCUT2D eigenvalue weighted by Gasteiger charge is -2.34. The number of hydrogen-bond acceptors (Lipinski definition) is 8. The molecule has 10 nitrogen and oxygen atoms in total. The van der Waals surface area contributed by atoms with E-state index in [0.717, 1.165) is 32.4 Å². The molecule has 0 spiro atoms. The first-order chi connectivity index (χ1) is 18.2. The zero-order chi connectivity index (χ0) is 27.4. The fourth-order valence-corrected chi connectivity index (χ4v) is 4.85. The molecule has 4 rings (SSSR count). The van der Waals surface area contributed by atoms with Crippen LogP contribution in [0.25, 0.3) is 0 Å². The predicted octanol–water partition coefficient (Wildman–Crippen LogP) is 3.59. The van der Waals surface area contributed by atoms with Gasteiger partial charge in [-0.05, 0) is 37.5 Å². The zero-order valence-corrected chi connectivity index (χ0v) is 22.1. The van der Waals surface area contributed by atoms with Gasteiger partial charge in [-0.15, -0.1) is 0 Å². The third kappa shape index (κ3) is 6.15. The van der Waals surface area contributed by atoms with E-state index in [9.17, 15) is 24.3 Å². The summed E-state index contributed by atoms with van der Waals surface area (Å²) >= 11 is 12.1. The number of pyridine rings is 1. The van der Waals surface area contributed by atoms with Crippen LogP contribution in [-0.4, -0.2) is 52.2 Å². The number of hydrogen-bond donors (Lipinski definition) is 4. The van der Waals surface area contributed by atoms with Crippen molar-refractivity contribution < 1.29 is 14.7 Å². The number of aromatic nitrogens is 1. The van der Waals surface area contributed by atoms with Crippen molar-refractivity contribution in [1.82, 2.24) is 9.88 Å². The van der Waals surface area contributed by atoms with E-state index in [1.807, 2.05) is 6.92 Å². The van der Waals surface area contributed by atoms with Crippen LogP contribution in [0.3, 0.4) is 0 Å². The van der Waals surface area contributed by atoms with Crippen LogP contribution in [0, 0.1) is 0 Å². The molecule has 1 aliphatic rings. The number of amides is 1. The normalized spacial score (nSPS) is 15.6. The quantitative estimate of drug-likeness (QED) is 0.274. The summed E-state index contributed by atoms with van der Waals surface area (Å²) in [6, 6.07) is 5.14. The number of carboxylic acids is 1. The Bertz CT molecular complexity index is 1380. The Hall–Kier alpha value is -3.47. The van der Waals surface area contributed by atoms with Gasteiger partial charge in [-0.1, -0.05) is 41.8 Å². The molecule has 1 saturated heterocycles. The van der Waals surface area contributed by atoms with Gasteiger partial charge in [-0.3, -0.25) is 24.3 Å². The lowest BCUT2D eigenvalue weighted by Crippen LogP contribution is -2.47. The highest BCUT2D eigenvalue weighted by atomic mass is 35.5. The lowest BCUT2D eigenvalue weighted by atomic mass is 10.0. The standard InChI is InChI=1S/C26H27Cl2N5O5/c1-14(33-9-3-2-4-10-33)30-21-22(24(35)23(21)34)31-19(26(37)38)11-15-5-7-16(8-6-15)25(36)32-20-17(27)12-29-13-18(20)28/h5-8,12-14,19,30-31H,2-4,9-11H2,1H3,(H,37,38)(H,29,32,36)/t14-,19-/m0/s1. The molecule has 1 aliphatic heterocycles. The molecule has 1 amide bonds. The van der Waals surface area contributed by atoms with Crippen LogP contribution < -0.4 is 26.8 Å². The Labute approximate surface area is 228 Å². The first-order valence-corrected chi connectivity index (χ1v) is 12.9. The van der Waals surface area contributed by atoms with Crippen molar-refractivity contribution in [3.8, 4) is 0 Å². The van der Waals surface area contributed by atoms with E-state index in [2.05, 4.69) is 25.8 Å². The van der Waals surface area contributed by atoms with Crippen LogP contribution in [0.15, 0.2) is 46.2 Å². The summed E-state index contributed by atoms with van der Waals surface area (Å²) in [5, 5.41) is 18.6. The average Bonchev–Trinajstić information content (AvgIpc) is 2.92. The lowest BCUT2D eigenvalue weighted by molar-refractivity contribution is -0.137. The number of nitrogens with zero attached hydrogens (tertiary/aromatic N) is 2. The molecule has 1 fully saturated rings. The molecule has 3 aromatic rings. The minimum atomic E-state index is -1.18.